The van der Waals surface area contributed by atoms with Crippen LogP contribution in [0, 0.1) is 11.2 Å². The van der Waals surface area contributed by atoms with E-state index in [0.717, 1.165) is 12.1 Å². The van der Waals surface area contributed by atoms with E-state index in [1.807, 2.05) is 0 Å². The predicted octanol–water partition coefficient (Wildman–Crippen LogP) is 1.67. The Hall–Kier alpha value is -1.37. The van der Waals surface area contributed by atoms with Crippen molar-refractivity contribution in [2.24, 2.45) is 11.1 Å². The molecule has 0 heterocycles. The zero-order valence-corrected chi connectivity index (χ0v) is 11.4. The number of phenols is 1. The summed E-state index contributed by atoms with van der Waals surface area (Å²) in [5, 5.41) is 27.8. The highest BCUT2D eigenvalue weighted by Gasteiger charge is 2.31. The molecule has 1 aromatic rings. The number of nitrogens with two attached hydrogens (primary N) is 1. The van der Waals surface area contributed by atoms with Crippen LogP contribution in [0.4, 0.5) is 4.39 Å². The van der Waals surface area contributed by atoms with E-state index in [9.17, 15) is 19.4 Å². The molecular weight excluding hydrogens is 277 g/mol. The van der Waals surface area contributed by atoms with Gasteiger partial charge in [-0.05, 0) is 12.1 Å². The second kappa shape index (κ2) is 6.18. The number of hydrogen-bond donors (Lipinski definition) is 4. The van der Waals surface area contributed by atoms with Crippen LogP contribution in [0.25, 0.3) is 0 Å². The molecule has 0 radical (unpaired) electrons. The lowest BCUT2D eigenvalue weighted by atomic mass is 9.81. The van der Waals surface area contributed by atoms with E-state index < -0.39 is 34.6 Å². The molecule has 0 aliphatic heterocycles. The number of hydrogen-bond acceptors (Lipinski definition) is 4. The van der Waals surface area contributed by atoms with Crippen LogP contribution in [0.5, 0.6) is 5.75 Å². The molecule has 0 fully saturated rings. The van der Waals surface area contributed by atoms with Crippen LogP contribution < -0.4 is 5.73 Å². The predicted molar refractivity (Wildman–Crippen MR) is 70.1 cm³/mol. The number of aromatic carboxylic acids is 1. The lowest BCUT2D eigenvalue weighted by Gasteiger charge is -2.30. The van der Waals surface area contributed by atoms with Crippen LogP contribution in [0.3, 0.4) is 0 Å². The molecule has 1 rings (SSSR count). The summed E-state index contributed by atoms with van der Waals surface area (Å²) >= 11 is 0. The Morgan fingerprint density at radius 2 is 2.00 bits per heavy atom. The summed E-state index contributed by atoms with van der Waals surface area (Å²) < 4.78 is 13.3. The molecule has 0 spiro atoms. The monoisotopic (exact) mass is 293 g/mol. The quantitative estimate of drug-likeness (QED) is 0.676. The SMILES string of the molecule is CC(C)(CO)[C@@H](N)c1cc(F)cc(C(=O)O)c1O.Cl. The maximum atomic E-state index is 13.3. The normalized spacial score (nSPS) is 12.7. The highest BCUT2D eigenvalue weighted by molar-refractivity contribution is 5.91. The van der Waals surface area contributed by atoms with Crippen LogP contribution in [0.15, 0.2) is 12.1 Å². The molecule has 0 aromatic heterocycles. The van der Waals surface area contributed by atoms with Gasteiger partial charge in [0.1, 0.15) is 17.1 Å². The average molecular weight is 294 g/mol. The van der Waals surface area contributed by atoms with Crippen LogP contribution >= 0.6 is 12.4 Å². The number of carboxylic acid groups (broad SMARTS) is 1. The van der Waals surface area contributed by atoms with Crippen molar-refractivity contribution in [1.82, 2.24) is 0 Å². The van der Waals surface area contributed by atoms with Crippen molar-refractivity contribution < 1.29 is 24.5 Å². The fourth-order valence-electron chi connectivity index (χ4n) is 1.54. The fraction of sp³-hybridized carbons (Fsp3) is 0.417. The van der Waals surface area contributed by atoms with Gasteiger partial charge in [-0.15, -0.1) is 12.4 Å². The highest BCUT2D eigenvalue weighted by Crippen LogP contribution is 2.37. The van der Waals surface area contributed by atoms with E-state index in [4.69, 9.17) is 10.8 Å². The Morgan fingerprint density at radius 1 is 1.47 bits per heavy atom. The number of carboxylic acids is 1. The molecule has 5 nitrogen and oxygen atoms in total. The number of halogens is 2. The molecule has 0 saturated heterocycles. The summed E-state index contributed by atoms with van der Waals surface area (Å²) in [6.45, 7) is 2.97. The van der Waals surface area contributed by atoms with E-state index in [1.165, 1.54) is 0 Å². The molecule has 0 bridgehead atoms. The van der Waals surface area contributed by atoms with Crippen molar-refractivity contribution in [3.8, 4) is 5.75 Å². The Labute approximate surface area is 116 Å². The summed E-state index contributed by atoms with van der Waals surface area (Å²) in [7, 11) is 0. The van der Waals surface area contributed by atoms with Gasteiger partial charge in [-0.2, -0.15) is 0 Å². The van der Waals surface area contributed by atoms with Crippen LogP contribution in [0.1, 0.15) is 35.8 Å². The number of aliphatic hydroxyl groups is 1. The molecule has 0 saturated carbocycles. The summed E-state index contributed by atoms with van der Waals surface area (Å²) in [6, 6.07) is 0.806. The summed E-state index contributed by atoms with van der Waals surface area (Å²) in [5.41, 5.74) is 4.44. The van der Waals surface area contributed by atoms with Gasteiger partial charge < -0.3 is 21.1 Å². The molecule has 7 heteroatoms. The van der Waals surface area contributed by atoms with Gasteiger partial charge in [0, 0.05) is 23.6 Å². The van der Waals surface area contributed by atoms with Crippen molar-refractivity contribution in [2.75, 3.05) is 6.61 Å². The number of carbonyl (C=O) groups is 1. The smallest absolute Gasteiger partial charge is 0.339 e. The molecule has 1 atom stereocenters. The lowest BCUT2D eigenvalue weighted by molar-refractivity contribution is 0.0692. The Morgan fingerprint density at radius 3 is 2.42 bits per heavy atom. The van der Waals surface area contributed by atoms with Gasteiger partial charge >= 0.3 is 5.97 Å². The first-order chi connectivity index (χ1) is 8.20. The van der Waals surface area contributed by atoms with Crippen molar-refractivity contribution in [3.63, 3.8) is 0 Å². The maximum Gasteiger partial charge on any atom is 0.339 e. The first-order valence-electron chi connectivity index (χ1n) is 5.33. The molecule has 0 aliphatic carbocycles. The van der Waals surface area contributed by atoms with Gasteiger partial charge in [0.2, 0.25) is 0 Å². The van der Waals surface area contributed by atoms with Crippen molar-refractivity contribution in [1.29, 1.82) is 0 Å². The fourth-order valence-corrected chi connectivity index (χ4v) is 1.54. The zero-order valence-electron chi connectivity index (χ0n) is 10.6. The van der Waals surface area contributed by atoms with Gasteiger partial charge in [-0.25, -0.2) is 9.18 Å². The summed E-state index contributed by atoms with van der Waals surface area (Å²) in [5.74, 6) is -2.82. The Bertz CT molecular complexity index is 479. The molecular formula is C12H17ClFNO4. The minimum atomic E-state index is -1.44. The van der Waals surface area contributed by atoms with Crippen LogP contribution in [0.2, 0.25) is 0 Å². The van der Waals surface area contributed by atoms with Crippen LogP contribution in [-0.2, 0) is 0 Å². The summed E-state index contributed by atoms with van der Waals surface area (Å²) in [6.07, 6.45) is 0. The minimum absolute atomic E-state index is 0. The first kappa shape index (κ1) is 17.6. The van der Waals surface area contributed by atoms with Gasteiger partial charge in [0.25, 0.3) is 0 Å². The molecule has 0 unspecified atom stereocenters. The third-order valence-corrected chi connectivity index (χ3v) is 2.92. The Balaban J connectivity index is 0.00000324. The third-order valence-electron chi connectivity index (χ3n) is 2.92. The third kappa shape index (κ3) is 3.56. The molecule has 0 aliphatic rings. The van der Waals surface area contributed by atoms with Gasteiger partial charge in [0.15, 0.2) is 0 Å². The number of aliphatic hydroxyl groups excluding tert-OH is 1. The van der Waals surface area contributed by atoms with Crippen LogP contribution in [-0.4, -0.2) is 27.9 Å². The van der Waals surface area contributed by atoms with Gasteiger partial charge in [-0.1, -0.05) is 13.8 Å². The van der Waals surface area contributed by atoms with E-state index in [0.29, 0.717) is 0 Å². The minimum Gasteiger partial charge on any atom is -0.507 e. The molecule has 0 amide bonds. The largest absolute Gasteiger partial charge is 0.507 e. The van der Waals surface area contributed by atoms with E-state index >= 15 is 0 Å². The second-order valence-electron chi connectivity index (χ2n) is 4.82. The van der Waals surface area contributed by atoms with Gasteiger partial charge in [-0.3, -0.25) is 0 Å². The van der Waals surface area contributed by atoms with Crippen molar-refractivity contribution in [3.05, 3.63) is 29.1 Å². The molecule has 108 valence electrons. The number of rotatable bonds is 4. The van der Waals surface area contributed by atoms with E-state index in [2.05, 4.69) is 0 Å². The van der Waals surface area contributed by atoms with Gasteiger partial charge in [0.05, 0.1) is 0 Å². The topological polar surface area (TPSA) is 104 Å². The Kier molecular flexibility index (Phi) is 5.74. The number of benzene rings is 1. The van der Waals surface area contributed by atoms with Crippen molar-refractivity contribution in [2.45, 2.75) is 19.9 Å². The zero-order chi connectivity index (χ0) is 14.1. The maximum absolute atomic E-state index is 13.3. The molecule has 5 N–H and O–H groups in total. The first-order valence-corrected chi connectivity index (χ1v) is 5.33. The van der Waals surface area contributed by atoms with Crippen molar-refractivity contribution >= 4 is 18.4 Å². The molecule has 1 aromatic carbocycles. The second-order valence-corrected chi connectivity index (χ2v) is 4.82. The standard InChI is InChI=1S/C12H16FNO4.ClH/c1-12(2,5-15)10(14)7-3-6(13)4-8(9(7)16)11(17)18;/h3-4,10,15-16H,5,14H2,1-2H3,(H,17,18);1H/t10-;/m0./s1. The average Bonchev–Trinajstić information content (AvgIpc) is 2.30. The lowest BCUT2D eigenvalue weighted by Crippen LogP contribution is -2.32. The highest BCUT2D eigenvalue weighted by atomic mass is 35.5. The van der Waals surface area contributed by atoms with E-state index in [1.54, 1.807) is 13.8 Å². The molecule has 19 heavy (non-hydrogen) atoms. The number of aromatic hydroxyl groups is 1. The van der Waals surface area contributed by atoms with E-state index in [-0.39, 0.29) is 24.6 Å². The summed E-state index contributed by atoms with van der Waals surface area (Å²) in [4.78, 5) is 10.9.